The first-order valence-corrected chi connectivity index (χ1v) is 9.39. The van der Waals surface area contributed by atoms with Crippen molar-refractivity contribution in [2.75, 3.05) is 7.05 Å². The van der Waals surface area contributed by atoms with Gasteiger partial charge in [-0.05, 0) is 49.4 Å². The smallest absolute Gasteiger partial charge is 0.338 e. The summed E-state index contributed by atoms with van der Waals surface area (Å²) < 4.78 is 6.06. The van der Waals surface area contributed by atoms with Crippen LogP contribution in [0.4, 0.5) is 0 Å². The van der Waals surface area contributed by atoms with Gasteiger partial charge >= 0.3 is 5.97 Å². The molecule has 0 spiro atoms. The fraction of sp³-hybridized carbons (Fsp3) is 0.381. The van der Waals surface area contributed by atoms with E-state index in [0.717, 1.165) is 36.8 Å². The van der Waals surface area contributed by atoms with Crippen molar-refractivity contribution in [3.63, 3.8) is 0 Å². The monoisotopic (exact) mass is 368 g/mol. The molecule has 0 bridgehead atoms. The van der Waals surface area contributed by atoms with E-state index in [4.69, 9.17) is 17.0 Å². The first kappa shape index (κ1) is 18.5. The van der Waals surface area contributed by atoms with Gasteiger partial charge in [0.1, 0.15) is 6.10 Å². The zero-order valence-electron chi connectivity index (χ0n) is 15.2. The Bertz CT molecular complexity index is 794. The van der Waals surface area contributed by atoms with Gasteiger partial charge < -0.3 is 10.1 Å². The fourth-order valence-electron chi connectivity index (χ4n) is 3.87. The van der Waals surface area contributed by atoms with E-state index in [1.54, 1.807) is 6.20 Å². The van der Waals surface area contributed by atoms with E-state index in [9.17, 15) is 4.79 Å². The largest absolute Gasteiger partial charge is 0.457 e. The van der Waals surface area contributed by atoms with Crippen molar-refractivity contribution >= 4 is 23.2 Å². The van der Waals surface area contributed by atoms with E-state index in [2.05, 4.69) is 10.3 Å². The number of aryl methyl sites for hydroxylation is 1. The lowest BCUT2D eigenvalue weighted by atomic mass is 9.67. The molecule has 26 heavy (non-hydrogen) atoms. The number of thiocarbonyl (C=S) groups is 1. The molecular weight excluding hydrogens is 344 g/mol. The van der Waals surface area contributed by atoms with Crippen molar-refractivity contribution in [1.82, 2.24) is 10.3 Å². The van der Waals surface area contributed by atoms with Crippen LogP contribution in [0, 0.1) is 6.92 Å². The molecule has 0 amide bonds. The fourth-order valence-corrected chi connectivity index (χ4v) is 4.22. The quantitative estimate of drug-likeness (QED) is 0.654. The summed E-state index contributed by atoms with van der Waals surface area (Å²) >= 11 is 5.71. The normalized spacial score (nSPS) is 22.5. The van der Waals surface area contributed by atoms with Gasteiger partial charge in [0, 0.05) is 19.4 Å². The van der Waals surface area contributed by atoms with E-state index in [1.807, 2.05) is 56.6 Å². The Balaban J connectivity index is 1.98. The predicted octanol–water partition coefficient (Wildman–Crippen LogP) is 3.97. The minimum atomic E-state index is -0.533. The topological polar surface area (TPSA) is 51.2 Å². The minimum Gasteiger partial charge on any atom is -0.457 e. The number of pyridine rings is 1. The third-order valence-electron chi connectivity index (χ3n) is 5.26. The molecule has 1 aliphatic rings. The molecule has 1 fully saturated rings. The molecule has 2 aromatic rings. The molecule has 1 saturated carbocycles. The molecule has 1 aromatic heterocycles. The van der Waals surface area contributed by atoms with Crippen LogP contribution >= 0.6 is 12.2 Å². The van der Waals surface area contributed by atoms with Gasteiger partial charge in [-0.1, -0.05) is 42.9 Å². The maximum Gasteiger partial charge on any atom is 0.338 e. The molecule has 2 unspecified atom stereocenters. The number of carbonyl (C=O) groups is 1. The lowest BCUT2D eigenvalue weighted by molar-refractivity contribution is 0.00423. The van der Waals surface area contributed by atoms with E-state index in [0.29, 0.717) is 10.6 Å². The first-order chi connectivity index (χ1) is 12.6. The average molecular weight is 369 g/mol. The molecular formula is C21H24N2O2S. The average Bonchev–Trinajstić information content (AvgIpc) is 2.68. The highest BCUT2D eigenvalue weighted by molar-refractivity contribution is 7.80. The third kappa shape index (κ3) is 3.36. The van der Waals surface area contributed by atoms with Gasteiger partial charge in [0.25, 0.3) is 0 Å². The molecule has 0 radical (unpaired) electrons. The Morgan fingerprint density at radius 1 is 1.27 bits per heavy atom. The van der Waals surface area contributed by atoms with E-state index in [-0.39, 0.29) is 12.1 Å². The standard InChI is InChI=1S/C21H24N2O2S/c1-15-8-3-4-10-17(15)19(24)25-18-11-5-6-12-21(18,20(26)22-2)16-9-7-13-23-14-16/h3-4,7-10,13-14,18H,5-6,11-12H2,1-2H3,(H,22,26). The van der Waals surface area contributed by atoms with Gasteiger partial charge in [-0.2, -0.15) is 0 Å². The lowest BCUT2D eigenvalue weighted by Crippen LogP contribution is -2.53. The lowest BCUT2D eigenvalue weighted by Gasteiger charge is -2.43. The predicted molar refractivity (Wildman–Crippen MR) is 106 cm³/mol. The highest BCUT2D eigenvalue weighted by atomic mass is 32.1. The Kier molecular flexibility index (Phi) is 5.67. The Morgan fingerprint density at radius 2 is 2.08 bits per heavy atom. The van der Waals surface area contributed by atoms with Crippen molar-refractivity contribution in [3.05, 3.63) is 65.5 Å². The van der Waals surface area contributed by atoms with Gasteiger partial charge in [0.2, 0.25) is 0 Å². The molecule has 0 saturated heterocycles. The summed E-state index contributed by atoms with van der Waals surface area (Å²) in [6, 6.07) is 11.4. The van der Waals surface area contributed by atoms with Gasteiger partial charge in [0.15, 0.2) is 0 Å². The van der Waals surface area contributed by atoms with Crippen LogP contribution in [-0.2, 0) is 10.2 Å². The summed E-state index contributed by atoms with van der Waals surface area (Å²) in [6.07, 6.45) is 6.95. The number of nitrogens with one attached hydrogen (secondary N) is 1. The number of nitrogens with zero attached hydrogens (tertiary/aromatic N) is 1. The number of benzene rings is 1. The van der Waals surface area contributed by atoms with Crippen molar-refractivity contribution in [2.24, 2.45) is 0 Å². The molecule has 136 valence electrons. The summed E-state index contributed by atoms with van der Waals surface area (Å²) in [4.78, 5) is 17.8. The van der Waals surface area contributed by atoms with E-state index >= 15 is 0 Å². The molecule has 5 heteroatoms. The van der Waals surface area contributed by atoms with E-state index in [1.165, 1.54) is 0 Å². The summed E-state index contributed by atoms with van der Waals surface area (Å²) in [7, 11) is 1.83. The zero-order valence-corrected chi connectivity index (χ0v) is 16.0. The van der Waals surface area contributed by atoms with Crippen LogP contribution in [0.5, 0.6) is 0 Å². The number of aromatic nitrogens is 1. The SMILES string of the molecule is CNC(=S)C1(c2cccnc2)CCCCC1OC(=O)c1ccccc1C. The van der Waals surface area contributed by atoms with Crippen LogP contribution < -0.4 is 5.32 Å². The van der Waals surface area contributed by atoms with E-state index < -0.39 is 5.41 Å². The highest BCUT2D eigenvalue weighted by Crippen LogP contribution is 2.42. The molecule has 1 aromatic carbocycles. The number of ether oxygens (including phenoxy) is 1. The third-order valence-corrected chi connectivity index (χ3v) is 5.83. The van der Waals surface area contributed by atoms with Crippen molar-refractivity contribution in [1.29, 1.82) is 0 Å². The molecule has 1 aliphatic carbocycles. The maximum atomic E-state index is 12.9. The second-order valence-corrected chi connectivity index (χ2v) is 7.16. The van der Waals surface area contributed by atoms with Crippen LogP contribution in [-0.4, -0.2) is 29.1 Å². The molecule has 2 atom stereocenters. The summed E-state index contributed by atoms with van der Waals surface area (Å²) in [5, 5.41) is 3.14. The Hall–Kier alpha value is -2.27. The van der Waals surface area contributed by atoms with Gasteiger partial charge in [-0.25, -0.2) is 4.79 Å². The molecule has 1 N–H and O–H groups in total. The number of likely N-dealkylation sites (N-methyl/N-ethyl adjacent to an activating group) is 1. The molecule has 4 nitrogen and oxygen atoms in total. The zero-order chi connectivity index (χ0) is 18.6. The van der Waals surface area contributed by atoms with Crippen LogP contribution in [0.1, 0.15) is 47.2 Å². The van der Waals surface area contributed by atoms with Crippen LogP contribution in [0.25, 0.3) is 0 Å². The molecule has 1 heterocycles. The van der Waals surface area contributed by atoms with Crippen molar-refractivity contribution in [2.45, 2.75) is 44.1 Å². The molecule has 0 aliphatic heterocycles. The number of esters is 1. The number of carbonyl (C=O) groups excluding carboxylic acids is 1. The summed E-state index contributed by atoms with van der Waals surface area (Å²) in [6.45, 7) is 1.92. The van der Waals surface area contributed by atoms with Gasteiger partial charge in [-0.3, -0.25) is 4.98 Å². The highest BCUT2D eigenvalue weighted by Gasteiger charge is 2.48. The second-order valence-electron chi connectivity index (χ2n) is 6.75. The Morgan fingerprint density at radius 3 is 2.77 bits per heavy atom. The van der Waals surface area contributed by atoms with Crippen molar-refractivity contribution in [3.8, 4) is 0 Å². The first-order valence-electron chi connectivity index (χ1n) is 8.99. The van der Waals surface area contributed by atoms with Gasteiger partial charge in [0.05, 0.1) is 16.0 Å². The van der Waals surface area contributed by atoms with Crippen LogP contribution in [0.2, 0.25) is 0 Å². The Labute approximate surface area is 160 Å². The van der Waals surface area contributed by atoms with Crippen LogP contribution in [0.15, 0.2) is 48.8 Å². The minimum absolute atomic E-state index is 0.290. The van der Waals surface area contributed by atoms with Gasteiger partial charge in [-0.15, -0.1) is 0 Å². The number of rotatable bonds is 4. The molecule has 3 rings (SSSR count). The number of hydrogen-bond donors (Lipinski definition) is 1. The maximum absolute atomic E-state index is 12.9. The second kappa shape index (κ2) is 7.96. The number of hydrogen-bond acceptors (Lipinski definition) is 4. The van der Waals surface area contributed by atoms with Crippen LogP contribution in [0.3, 0.4) is 0 Å². The summed E-state index contributed by atoms with van der Waals surface area (Å²) in [5.41, 5.74) is 1.99. The van der Waals surface area contributed by atoms with Crippen molar-refractivity contribution < 1.29 is 9.53 Å². The summed E-state index contributed by atoms with van der Waals surface area (Å²) in [5.74, 6) is -0.290.